The third kappa shape index (κ3) is 2.21. The SMILES string of the molecule is C/C=C/C(=O)c1cccc(Cl)c1. The lowest BCUT2D eigenvalue weighted by atomic mass is 10.1. The van der Waals surface area contributed by atoms with Gasteiger partial charge < -0.3 is 0 Å². The highest BCUT2D eigenvalue weighted by molar-refractivity contribution is 6.31. The summed E-state index contributed by atoms with van der Waals surface area (Å²) in [6.45, 7) is 1.81. The van der Waals surface area contributed by atoms with Crippen molar-refractivity contribution in [2.75, 3.05) is 0 Å². The molecule has 0 saturated carbocycles. The van der Waals surface area contributed by atoms with Crippen LogP contribution in [-0.2, 0) is 0 Å². The van der Waals surface area contributed by atoms with Gasteiger partial charge in [0.15, 0.2) is 5.78 Å². The molecule has 0 saturated heterocycles. The van der Waals surface area contributed by atoms with Crippen molar-refractivity contribution < 1.29 is 4.79 Å². The van der Waals surface area contributed by atoms with Crippen molar-refractivity contribution in [2.45, 2.75) is 6.92 Å². The molecule has 0 aliphatic carbocycles. The van der Waals surface area contributed by atoms with Crippen molar-refractivity contribution in [1.29, 1.82) is 0 Å². The largest absolute Gasteiger partial charge is 0.289 e. The van der Waals surface area contributed by atoms with Gasteiger partial charge in [-0.2, -0.15) is 0 Å². The molecule has 12 heavy (non-hydrogen) atoms. The van der Waals surface area contributed by atoms with E-state index < -0.39 is 0 Å². The first-order chi connectivity index (χ1) is 5.74. The summed E-state index contributed by atoms with van der Waals surface area (Å²) < 4.78 is 0. The van der Waals surface area contributed by atoms with Gasteiger partial charge in [0, 0.05) is 10.6 Å². The van der Waals surface area contributed by atoms with Crippen LogP contribution in [0.4, 0.5) is 0 Å². The van der Waals surface area contributed by atoms with E-state index in [-0.39, 0.29) is 5.78 Å². The molecule has 0 aliphatic rings. The first-order valence-electron chi connectivity index (χ1n) is 3.66. The van der Waals surface area contributed by atoms with E-state index in [0.717, 1.165) is 0 Å². The summed E-state index contributed by atoms with van der Waals surface area (Å²) in [6, 6.07) is 6.91. The van der Waals surface area contributed by atoms with Gasteiger partial charge in [0.2, 0.25) is 0 Å². The number of carbonyl (C=O) groups excluding carboxylic acids is 1. The number of halogens is 1. The average Bonchev–Trinajstić information content (AvgIpc) is 2.05. The molecular weight excluding hydrogens is 172 g/mol. The zero-order valence-electron chi connectivity index (χ0n) is 6.75. The van der Waals surface area contributed by atoms with Gasteiger partial charge >= 0.3 is 0 Å². The summed E-state index contributed by atoms with van der Waals surface area (Å²) in [5.41, 5.74) is 0.626. The molecule has 1 aromatic rings. The minimum atomic E-state index is -0.0139. The van der Waals surface area contributed by atoms with Crippen molar-refractivity contribution in [2.24, 2.45) is 0 Å². The van der Waals surface area contributed by atoms with Gasteiger partial charge in [0.05, 0.1) is 0 Å². The van der Waals surface area contributed by atoms with Gasteiger partial charge in [0.25, 0.3) is 0 Å². The Balaban J connectivity index is 2.96. The van der Waals surface area contributed by atoms with Crippen LogP contribution < -0.4 is 0 Å². The minimum absolute atomic E-state index is 0.0139. The molecule has 1 nitrogen and oxygen atoms in total. The van der Waals surface area contributed by atoms with Crippen LogP contribution >= 0.6 is 11.6 Å². The summed E-state index contributed by atoms with van der Waals surface area (Å²) in [6.07, 6.45) is 3.23. The summed E-state index contributed by atoms with van der Waals surface area (Å²) in [4.78, 5) is 11.3. The van der Waals surface area contributed by atoms with E-state index in [1.165, 1.54) is 6.08 Å². The number of rotatable bonds is 2. The second-order valence-electron chi connectivity index (χ2n) is 2.37. The van der Waals surface area contributed by atoms with Crippen LogP contribution in [0.15, 0.2) is 36.4 Å². The molecule has 1 rings (SSSR count). The lowest BCUT2D eigenvalue weighted by Crippen LogP contribution is -1.92. The van der Waals surface area contributed by atoms with Gasteiger partial charge in [-0.3, -0.25) is 4.79 Å². The Morgan fingerprint density at radius 2 is 2.25 bits per heavy atom. The van der Waals surface area contributed by atoms with E-state index in [2.05, 4.69) is 0 Å². The highest BCUT2D eigenvalue weighted by Crippen LogP contribution is 2.11. The van der Waals surface area contributed by atoms with E-state index in [4.69, 9.17) is 11.6 Å². The molecule has 0 heterocycles. The first kappa shape index (κ1) is 9.01. The second-order valence-corrected chi connectivity index (χ2v) is 2.81. The number of carbonyl (C=O) groups is 1. The molecule has 0 spiro atoms. The minimum Gasteiger partial charge on any atom is -0.289 e. The quantitative estimate of drug-likeness (QED) is 0.505. The zero-order chi connectivity index (χ0) is 8.97. The third-order valence-corrected chi connectivity index (χ3v) is 1.66. The fourth-order valence-electron chi connectivity index (χ4n) is 0.889. The maximum atomic E-state index is 11.3. The van der Waals surface area contributed by atoms with Crippen LogP contribution in [0.3, 0.4) is 0 Å². The smallest absolute Gasteiger partial charge is 0.185 e. The Morgan fingerprint density at radius 3 is 2.83 bits per heavy atom. The summed E-state index contributed by atoms with van der Waals surface area (Å²) in [5.74, 6) is -0.0139. The van der Waals surface area contributed by atoms with Crippen LogP contribution in [0.25, 0.3) is 0 Å². The normalized spacial score (nSPS) is 10.5. The molecule has 0 amide bonds. The van der Waals surface area contributed by atoms with Crippen LogP contribution in [-0.4, -0.2) is 5.78 Å². The van der Waals surface area contributed by atoms with Crippen molar-refractivity contribution in [3.63, 3.8) is 0 Å². The maximum Gasteiger partial charge on any atom is 0.185 e. The average molecular weight is 181 g/mol. The number of ketones is 1. The number of benzene rings is 1. The molecule has 62 valence electrons. The molecule has 0 N–H and O–H groups in total. The van der Waals surface area contributed by atoms with Crippen molar-refractivity contribution in [1.82, 2.24) is 0 Å². The number of allylic oxidation sites excluding steroid dienone is 2. The molecular formula is C10H9ClO. The fraction of sp³-hybridized carbons (Fsp3) is 0.100. The van der Waals surface area contributed by atoms with Crippen LogP contribution in [0.1, 0.15) is 17.3 Å². The van der Waals surface area contributed by atoms with Gasteiger partial charge in [0.1, 0.15) is 0 Å². The van der Waals surface area contributed by atoms with E-state index in [9.17, 15) is 4.79 Å². The monoisotopic (exact) mass is 180 g/mol. The van der Waals surface area contributed by atoms with Gasteiger partial charge in [-0.05, 0) is 25.1 Å². The molecule has 0 aliphatic heterocycles. The lowest BCUT2D eigenvalue weighted by Gasteiger charge is -1.94. The topological polar surface area (TPSA) is 17.1 Å². The van der Waals surface area contributed by atoms with Crippen molar-refractivity contribution >= 4 is 17.4 Å². The van der Waals surface area contributed by atoms with Crippen molar-refractivity contribution in [3.8, 4) is 0 Å². The van der Waals surface area contributed by atoms with Gasteiger partial charge in [-0.25, -0.2) is 0 Å². The van der Waals surface area contributed by atoms with E-state index in [0.29, 0.717) is 10.6 Å². The molecule has 0 fully saturated rings. The van der Waals surface area contributed by atoms with Crippen LogP contribution in [0, 0.1) is 0 Å². The lowest BCUT2D eigenvalue weighted by molar-refractivity contribution is 0.104. The maximum absolute atomic E-state index is 11.3. The fourth-order valence-corrected chi connectivity index (χ4v) is 1.08. The molecule has 0 unspecified atom stereocenters. The Hall–Kier alpha value is -1.08. The third-order valence-electron chi connectivity index (χ3n) is 1.43. The summed E-state index contributed by atoms with van der Waals surface area (Å²) >= 11 is 5.71. The number of hydrogen-bond donors (Lipinski definition) is 0. The van der Waals surface area contributed by atoms with Crippen molar-refractivity contribution in [3.05, 3.63) is 47.0 Å². The zero-order valence-corrected chi connectivity index (χ0v) is 7.51. The highest BCUT2D eigenvalue weighted by atomic mass is 35.5. The van der Waals surface area contributed by atoms with Crippen LogP contribution in [0.5, 0.6) is 0 Å². The second kappa shape index (κ2) is 4.07. The van der Waals surface area contributed by atoms with E-state index in [1.54, 1.807) is 30.3 Å². The number of hydrogen-bond acceptors (Lipinski definition) is 1. The van der Waals surface area contributed by atoms with Gasteiger partial charge in [-0.1, -0.05) is 29.8 Å². The summed E-state index contributed by atoms with van der Waals surface area (Å²) in [5, 5.41) is 0.588. The Labute approximate surface area is 76.7 Å². The first-order valence-corrected chi connectivity index (χ1v) is 4.04. The van der Waals surface area contributed by atoms with Gasteiger partial charge in [-0.15, -0.1) is 0 Å². The standard InChI is InChI=1S/C10H9ClO/c1-2-4-10(12)8-5-3-6-9(11)7-8/h2-7H,1H3/b4-2+. The Morgan fingerprint density at radius 1 is 1.50 bits per heavy atom. The Kier molecular flexibility index (Phi) is 3.06. The van der Waals surface area contributed by atoms with E-state index >= 15 is 0 Å². The molecule has 1 aromatic carbocycles. The molecule has 2 heteroatoms. The predicted molar refractivity (Wildman–Crippen MR) is 50.6 cm³/mol. The molecule has 0 atom stereocenters. The highest BCUT2D eigenvalue weighted by Gasteiger charge is 2.00. The van der Waals surface area contributed by atoms with Crippen LogP contribution in [0.2, 0.25) is 5.02 Å². The molecule has 0 aromatic heterocycles. The molecule has 0 radical (unpaired) electrons. The Bertz CT molecular complexity index is 315. The molecule has 0 bridgehead atoms. The predicted octanol–water partition coefficient (Wildman–Crippen LogP) is 3.10. The summed E-state index contributed by atoms with van der Waals surface area (Å²) in [7, 11) is 0. The van der Waals surface area contributed by atoms with E-state index in [1.807, 2.05) is 6.92 Å².